The molecule has 0 spiro atoms. The zero-order chi connectivity index (χ0) is 17.6. The van der Waals surface area contributed by atoms with Crippen LogP contribution in [0.15, 0.2) is 46.6 Å². The Balaban J connectivity index is 0.000000254. The van der Waals surface area contributed by atoms with Crippen molar-refractivity contribution < 1.29 is 9.84 Å². The van der Waals surface area contributed by atoms with Gasteiger partial charge in [0.15, 0.2) is 6.29 Å². The van der Waals surface area contributed by atoms with E-state index in [2.05, 4.69) is 6.92 Å². The van der Waals surface area contributed by atoms with E-state index in [1.54, 1.807) is 25.1 Å². The highest BCUT2D eigenvalue weighted by atomic mass is 32.1. The van der Waals surface area contributed by atoms with Gasteiger partial charge in [0.05, 0.1) is 0 Å². The molecule has 0 aliphatic heterocycles. The molecule has 0 radical (unpaired) electrons. The monoisotopic (exact) mass is 351 g/mol. The lowest BCUT2D eigenvalue weighted by Gasteiger charge is -2.06. The Kier molecular flexibility index (Phi) is 10.9. The summed E-state index contributed by atoms with van der Waals surface area (Å²) < 4.78 is 6.80. The molecule has 1 aromatic carbocycles. The number of hydrogen-bond acceptors (Lipinski definition) is 4. The van der Waals surface area contributed by atoms with E-state index >= 15 is 0 Å². The second-order valence-corrected chi connectivity index (χ2v) is 6.57. The highest BCUT2D eigenvalue weighted by Gasteiger charge is 1.96. The SMILES string of the molecule is CC(O)Oc1ccccc1.CCCCCCCCn1sccc1=O. The molecule has 1 unspecified atom stereocenters. The smallest absolute Gasteiger partial charge is 0.260 e. The molecule has 0 saturated heterocycles. The molecule has 2 rings (SSSR count). The number of aliphatic hydroxyl groups excluding tert-OH is 1. The van der Waals surface area contributed by atoms with Crippen LogP contribution >= 0.6 is 11.5 Å². The molecule has 1 N–H and O–H groups in total. The lowest BCUT2D eigenvalue weighted by atomic mass is 10.1. The minimum atomic E-state index is -0.734. The van der Waals surface area contributed by atoms with E-state index in [4.69, 9.17) is 9.84 Å². The Labute approximate surface area is 148 Å². The lowest BCUT2D eigenvalue weighted by Crippen LogP contribution is -2.11. The van der Waals surface area contributed by atoms with Gasteiger partial charge in [-0.25, -0.2) is 0 Å². The van der Waals surface area contributed by atoms with Crippen LogP contribution in [0.2, 0.25) is 0 Å². The van der Waals surface area contributed by atoms with E-state index in [0.717, 1.165) is 13.0 Å². The number of ether oxygens (including phenoxy) is 1. The maximum Gasteiger partial charge on any atom is 0.260 e. The van der Waals surface area contributed by atoms with Gasteiger partial charge in [-0.05, 0) is 25.5 Å². The van der Waals surface area contributed by atoms with Gasteiger partial charge in [0, 0.05) is 18.0 Å². The van der Waals surface area contributed by atoms with Crippen molar-refractivity contribution in [3.63, 3.8) is 0 Å². The topological polar surface area (TPSA) is 51.5 Å². The number of unbranched alkanes of at least 4 members (excludes halogenated alkanes) is 5. The van der Waals surface area contributed by atoms with E-state index in [9.17, 15) is 4.79 Å². The highest BCUT2D eigenvalue weighted by Crippen LogP contribution is 2.09. The van der Waals surface area contributed by atoms with Gasteiger partial charge >= 0.3 is 0 Å². The molecule has 1 heterocycles. The van der Waals surface area contributed by atoms with Crippen LogP contribution in [0.25, 0.3) is 0 Å². The van der Waals surface area contributed by atoms with Gasteiger partial charge in [-0.15, -0.1) is 0 Å². The fourth-order valence-electron chi connectivity index (χ4n) is 2.19. The number of benzene rings is 1. The predicted octanol–water partition coefficient (Wildman–Crippen LogP) is 4.67. The molecule has 5 heteroatoms. The Morgan fingerprint density at radius 3 is 2.33 bits per heavy atom. The predicted molar refractivity (Wildman–Crippen MR) is 101 cm³/mol. The third-order valence-electron chi connectivity index (χ3n) is 3.41. The Bertz CT molecular complexity index is 578. The number of aromatic nitrogens is 1. The van der Waals surface area contributed by atoms with Crippen molar-refractivity contribution in [3.8, 4) is 5.75 Å². The van der Waals surface area contributed by atoms with Crippen LogP contribution in [0.3, 0.4) is 0 Å². The average molecular weight is 352 g/mol. The van der Waals surface area contributed by atoms with Crippen LogP contribution in [0.1, 0.15) is 52.4 Å². The standard InChI is InChI=1S/C11H19NOS.C8H10O2/c1-2-3-4-5-6-7-9-12-11(13)8-10-14-12;1-7(9)10-8-5-3-2-4-6-8/h8,10H,2-7,9H2,1H3;2-7,9H,1H3. The minimum absolute atomic E-state index is 0.156. The maximum absolute atomic E-state index is 11.2. The number of nitrogens with zero attached hydrogens (tertiary/aromatic N) is 1. The van der Waals surface area contributed by atoms with Crippen molar-refractivity contribution in [2.45, 2.75) is 65.2 Å². The lowest BCUT2D eigenvalue weighted by molar-refractivity contribution is -0.000288. The summed E-state index contributed by atoms with van der Waals surface area (Å²) in [4.78, 5) is 11.2. The zero-order valence-corrected chi connectivity index (χ0v) is 15.5. The zero-order valence-electron chi connectivity index (χ0n) is 14.7. The van der Waals surface area contributed by atoms with Crippen LogP contribution in [0, 0.1) is 0 Å². The first-order valence-corrected chi connectivity index (χ1v) is 9.51. The Morgan fingerprint density at radius 2 is 1.75 bits per heavy atom. The summed E-state index contributed by atoms with van der Waals surface area (Å²) in [5.74, 6) is 0.692. The number of hydrogen-bond donors (Lipinski definition) is 1. The summed E-state index contributed by atoms with van der Waals surface area (Å²) in [5.41, 5.74) is 0.156. The van der Waals surface area contributed by atoms with Crippen LogP contribution in [0.4, 0.5) is 0 Å². The van der Waals surface area contributed by atoms with Gasteiger partial charge in [0.25, 0.3) is 5.56 Å². The summed E-state index contributed by atoms with van der Waals surface area (Å²) in [6.45, 7) is 4.71. The van der Waals surface area contributed by atoms with Gasteiger partial charge < -0.3 is 9.84 Å². The largest absolute Gasteiger partial charge is 0.465 e. The molecule has 4 nitrogen and oxygen atoms in total. The molecular formula is C19H29NO3S. The molecule has 134 valence electrons. The van der Waals surface area contributed by atoms with Crippen molar-refractivity contribution >= 4 is 11.5 Å². The normalized spacial score (nSPS) is 11.5. The highest BCUT2D eigenvalue weighted by molar-refractivity contribution is 7.04. The van der Waals surface area contributed by atoms with Gasteiger partial charge in [-0.2, -0.15) is 0 Å². The molecular weight excluding hydrogens is 322 g/mol. The molecule has 0 amide bonds. The molecule has 1 aromatic heterocycles. The van der Waals surface area contributed by atoms with Crippen LogP contribution in [-0.2, 0) is 6.54 Å². The molecule has 1 atom stereocenters. The minimum Gasteiger partial charge on any atom is -0.465 e. The second-order valence-electron chi connectivity index (χ2n) is 5.65. The Morgan fingerprint density at radius 1 is 1.08 bits per heavy atom. The second kappa shape index (κ2) is 12.8. The first kappa shape index (κ1) is 20.5. The molecule has 2 aromatic rings. The van der Waals surface area contributed by atoms with Gasteiger partial charge in [-0.1, -0.05) is 68.8 Å². The molecule has 0 saturated carbocycles. The average Bonchev–Trinajstić information content (AvgIpc) is 2.97. The van der Waals surface area contributed by atoms with Crippen molar-refractivity contribution in [1.29, 1.82) is 0 Å². The molecule has 0 fully saturated rings. The summed E-state index contributed by atoms with van der Waals surface area (Å²) in [6.07, 6.45) is 6.96. The van der Waals surface area contributed by atoms with Gasteiger partial charge in [0.1, 0.15) is 5.75 Å². The number of aryl methyl sites for hydroxylation is 1. The van der Waals surface area contributed by atoms with E-state index in [-0.39, 0.29) is 5.56 Å². The van der Waals surface area contributed by atoms with Crippen molar-refractivity contribution in [2.75, 3.05) is 0 Å². The fraction of sp³-hybridized carbons (Fsp3) is 0.526. The van der Waals surface area contributed by atoms with Crippen LogP contribution in [-0.4, -0.2) is 15.4 Å². The van der Waals surface area contributed by atoms with E-state index < -0.39 is 6.29 Å². The summed E-state index contributed by atoms with van der Waals surface area (Å²) in [5, 5.41) is 10.6. The molecule has 0 bridgehead atoms. The molecule has 0 aliphatic rings. The quantitative estimate of drug-likeness (QED) is 0.527. The van der Waals surface area contributed by atoms with E-state index in [1.165, 1.54) is 43.6 Å². The number of aliphatic hydroxyl groups is 1. The van der Waals surface area contributed by atoms with Crippen molar-refractivity contribution in [1.82, 2.24) is 3.96 Å². The van der Waals surface area contributed by atoms with E-state index in [1.807, 2.05) is 27.5 Å². The third-order valence-corrected chi connectivity index (χ3v) is 4.28. The summed E-state index contributed by atoms with van der Waals surface area (Å²) in [7, 11) is 0. The number of para-hydroxylation sites is 1. The van der Waals surface area contributed by atoms with Gasteiger partial charge in [-0.3, -0.25) is 8.75 Å². The summed E-state index contributed by atoms with van der Waals surface area (Å²) >= 11 is 1.52. The van der Waals surface area contributed by atoms with Crippen molar-refractivity contribution in [3.05, 3.63) is 52.1 Å². The first-order valence-electron chi connectivity index (χ1n) is 8.68. The van der Waals surface area contributed by atoms with Crippen LogP contribution < -0.4 is 10.3 Å². The summed E-state index contributed by atoms with van der Waals surface area (Å²) in [6, 6.07) is 10.9. The number of rotatable bonds is 9. The Hall–Kier alpha value is -1.59. The molecule has 24 heavy (non-hydrogen) atoms. The first-order chi connectivity index (χ1) is 11.6. The van der Waals surface area contributed by atoms with Gasteiger partial charge in [0.2, 0.25) is 0 Å². The van der Waals surface area contributed by atoms with E-state index in [0.29, 0.717) is 5.75 Å². The maximum atomic E-state index is 11.2. The third kappa shape index (κ3) is 9.53. The molecule has 0 aliphatic carbocycles. The fourth-order valence-corrected chi connectivity index (χ4v) is 2.92. The van der Waals surface area contributed by atoms with Crippen molar-refractivity contribution in [2.24, 2.45) is 0 Å². The van der Waals surface area contributed by atoms with Crippen LogP contribution in [0.5, 0.6) is 5.75 Å².